The van der Waals surface area contributed by atoms with Crippen LogP contribution < -0.4 is 10.6 Å². The van der Waals surface area contributed by atoms with E-state index in [1.54, 1.807) is 0 Å². The standard InChI is InChI=1S/C17H28N2OS.ClH/c1-13-11-16(14(2)21-13)6-3-7-17(20)19-10-8-15-5-4-9-18-12-15;/h11,15,18H,3-10,12H2,1-2H3,(H,19,20);1H. The van der Waals surface area contributed by atoms with Gasteiger partial charge in [0.05, 0.1) is 0 Å². The summed E-state index contributed by atoms with van der Waals surface area (Å²) in [7, 11) is 0. The topological polar surface area (TPSA) is 41.1 Å². The summed E-state index contributed by atoms with van der Waals surface area (Å²) in [6.45, 7) is 7.43. The van der Waals surface area contributed by atoms with Crippen LogP contribution in [-0.2, 0) is 11.2 Å². The normalized spacial score (nSPS) is 17.8. The molecule has 2 heterocycles. The van der Waals surface area contributed by atoms with Crippen LogP contribution in [0.1, 0.15) is 47.4 Å². The summed E-state index contributed by atoms with van der Waals surface area (Å²) in [4.78, 5) is 14.6. The average molecular weight is 345 g/mol. The van der Waals surface area contributed by atoms with Crippen LogP contribution in [-0.4, -0.2) is 25.5 Å². The highest BCUT2D eigenvalue weighted by molar-refractivity contribution is 7.12. The summed E-state index contributed by atoms with van der Waals surface area (Å²) < 4.78 is 0. The van der Waals surface area contributed by atoms with Gasteiger partial charge in [-0.25, -0.2) is 0 Å². The number of halogens is 1. The van der Waals surface area contributed by atoms with Crippen molar-refractivity contribution in [1.82, 2.24) is 10.6 Å². The van der Waals surface area contributed by atoms with Crippen LogP contribution in [0, 0.1) is 19.8 Å². The highest BCUT2D eigenvalue weighted by atomic mass is 35.5. The first-order chi connectivity index (χ1) is 10.1. The molecular weight excluding hydrogens is 316 g/mol. The van der Waals surface area contributed by atoms with E-state index in [0.29, 0.717) is 6.42 Å². The van der Waals surface area contributed by atoms with Crippen molar-refractivity contribution in [3.05, 3.63) is 21.4 Å². The van der Waals surface area contributed by atoms with Crippen LogP contribution in [0.2, 0.25) is 0 Å². The fraction of sp³-hybridized carbons (Fsp3) is 0.706. The third-order valence-electron chi connectivity index (χ3n) is 4.27. The van der Waals surface area contributed by atoms with Crippen molar-refractivity contribution in [3.8, 4) is 0 Å². The van der Waals surface area contributed by atoms with E-state index in [1.807, 2.05) is 11.3 Å². The monoisotopic (exact) mass is 344 g/mol. The van der Waals surface area contributed by atoms with E-state index >= 15 is 0 Å². The van der Waals surface area contributed by atoms with Gasteiger partial charge in [0, 0.05) is 22.7 Å². The molecule has 126 valence electrons. The van der Waals surface area contributed by atoms with Gasteiger partial charge < -0.3 is 10.6 Å². The number of amides is 1. The number of carbonyl (C=O) groups is 1. The highest BCUT2D eigenvalue weighted by Crippen LogP contribution is 2.22. The Morgan fingerprint density at radius 1 is 1.45 bits per heavy atom. The third-order valence-corrected chi connectivity index (χ3v) is 5.28. The minimum Gasteiger partial charge on any atom is -0.356 e. The highest BCUT2D eigenvalue weighted by Gasteiger charge is 2.12. The fourth-order valence-electron chi connectivity index (χ4n) is 3.05. The van der Waals surface area contributed by atoms with Crippen molar-refractivity contribution >= 4 is 29.7 Å². The Balaban J connectivity index is 0.00000242. The smallest absolute Gasteiger partial charge is 0.220 e. The van der Waals surface area contributed by atoms with Gasteiger partial charge in [0.2, 0.25) is 5.91 Å². The molecule has 1 aliphatic heterocycles. The lowest BCUT2D eigenvalue weighted by Crippen LogP contribution is -2.33. The summed E-state index contributed by atoms with van der Waals surface area (Å²) in [6, 6.07) is 2.26. The second-order valence-electron chi connectivity index (χ2n) is 6.14. The summed E-state index contributed by atoms with van der Waals surface area (Å²) in [5, 5.41) is 6.49. The Hall–Kier alpha value is -0.580. The molecule has 1 amide bonds. The Morgan fingerprint density at radius 3 is 2.91 bits per heavy atom. The number of hydrogen-bond acceptors (Lipinski definition) is 3. The number of thiophene rings is 1. The second-order valence-corrected chi connectivity index (χ2v) is 7.60. The summed E-state index contributed by atoms with van der Waals surface area (Å²) in [6.07, 6.45) is 6.32. The van der Waals surface area contributed by atoms with Gasteiger partial charge in [0.1, 0.15) is 0 Å². The molecule has 2 rings (SSSR count). The molecule has 1 aromatic rings. The van der Waals surface area contributed by atoms with Crippen LogP contribution in [0.3, 0.4) is 0 Å². The molecule has 3 nitrogen and oxygen atoms in total. The van der Waals surface area contributed by atoms with Crippen molar-refractivity contribution in [2.45, 2.75) is 52.4 Å². The molecule has 1 aromatic heterocycles. The van der Waals surface area contributed by atoms with Crippen molar-refractivity contribution in [2.75, 3.05) is 19.6 Å². The lowest BCUT2D eigenvalue weighted by atomic mass is 9.96. The molecule has 0 bridgehead atoms. The van der Waals surface area contributed by atoms with Gasteiger partial charge in [-0.2, -0.15) is 0 Å². The van der Waals surface area contributed by atoms with E-state index < -0.39 is 0 Å². The zero-order valence-corrected chi connectivity index (χ0v) is 15.4. The van der Waals surface area contributed by atoms with Gasteiger partial charge in [-0.1, -0.05) is 0 Å². The van der Waals surface area contributed by atoms with E-state index in [9.17, 15) is 4.79 Å². The van der Waals surface area contributed by atoms with Crippen LogP contribution in [0.25, 0.3) is 0 Å². The first-order valence-electron chi connectivity index (χ1n) is 8.18. The molecule has 1 atom stereocenters. The predicted octanol–water partition coefficient (Wildman–Crippen LogP) is 3.62. The molecule has 1 fully saturated rings. The quantitative estimate of drug-likeness (QED) is 0.793. The molecule has 22 heavy (non-hydrogen) atoms. The molecule has 0 radical (unpaired) electrons. The first kappa shape index (κ1) is 19.5. The molecule has 5 heteroatoms. The van der Waals surface area contributed by atoms with Gasteiger partial charge in [0.15, 0.2) is 0 Å². The van der Waals surface area contributed by atoms with Crippen LogP contribution in [0.4, 0.5) is 0 Å². The summed E-state index contributed by atoms with van der Waals surface area (Å²) in [5.74, 6) is 0.957. The van der Waals surface area contributed by atoms with Gasteiger partial charge in [-0.05, 0) is 76.6 Å². The van der Waals surface area contributed by atoms with E-state index in [4.69, 9.17) is 0 Å². The zero-order valence-electron chi connectivity index (χ0n) is 13.7. The number of rotatable bonds is 7. The van der Waals surface area contributed by atoms with E-state index in [1.165, 1.54) is 28.2 Å². The van der Waals surface area contributed by atoms with Gasteiger partial charge >= 0.3 is 0 Å². The largest absolute Gasteiger partial charge is 0.356 e. The molecule has 0 spiro atoms. The van der Waals surface area contributed by atoms with Crippen molar-refractivity contribution in [2.24, 2.45) is 5.92 Å². The van der Waals surface area contributed by atoms with E-state index in [-0.39, 0.29) is 18.3 Å². The Labute approximate surface area is 144 Å². The predicted molar refractivity (Wildman–Crippen MR) is 97.2 cm³/mol. The van der Waals surface area contributed by atoms with E-state index in [2.05, 4.69) is 30.5 Å². The number of piperidine rings is 1. The molecular formula is C17H29ClN2OS. The second kappa shape index (κ2) is 10.2. The van der Waals surface area contributed by atoms with Crippen molar-refractivity contribution < 1.29 is 4.79 Å². The molecule has 1 aliphatic rings. The van der Waals surface area contributed by atoms with Crippen molar-refractivity contribution in [3.63, 3.8) is 0 Å². The molecule has 1 unspecified atom stereocenters. The van der Waals surface area contributed by atoms with Crippen LogP contribution in [0.5, 0.6) is 0 Å². The number of aryl methyl sites for hydroxylation is 3. The van der Waals surface area contributed by atoms with Crippen LogP contribution in [0.15, 0.2) is 6.07 Å². The Kier molecular flexibility index (Phi) is 9.06. The van der Waals surface area contributed by atoms with Crippen LogP contribution >= 0.6 is 23.7 Å². The average Bonchev–Trinajstić information content (AvgIpc) is 2.78. The maximum Gasteiger partial charge on any atom is 0.220 e. The number of nitrogens with one attached hydrogen (secondary N) is 2. The molecule has 0 saturated carbocycles. The maximum atomic E-state index is 11.8. The third kappa shape index (κ3) is 6.67. The lowest BCUT2D eigenvalue weighted by Gasteiger charge is -2.22. The fourth-order valence-corrected chi connectivity index (χ4v) is 4.02. The number of hydrogen-bond donors (Lipinski definition) is 2. The summed E-state index contributed by atoms with van der Waals surface area (Å²) in [5.41, 5.74) is 1.42. The maximum absolute atomic E-state index is 11.8. The zero-order chi connectivity index (χ0) is 15.1. The van der Waals surface area contributed by atoms with E-state index in [0.717, 1.165) is 44.8 Å². The van der Waals surface area contributed by atoms with Gasteiger partial charge in [-0.15, -0.1) is 23.7 Å². The molecule has 2 N–H and O–H groups in total. The molecule has 0 aromatic carbocycles. The number of carbonyl (C=O) groups excluding carboxylic acids is 1. The molecule has 1 saturated heterocycles. The molecule has 0 aliphatic carbocycles. The minimum absolute atomic E-state index is 0. The first-order valence-corrected chi connectivity index (χ1v) is 9.00. The minimum atomic E-state index is 0. The van der Waals surface area contributed by atoms with Crippen molar-refractivity contribution in [1.29, 1.82) is 0 Å². The van der Waals surface area contributed by atoms with Gasteiger partial charge in [-0.3, -0.25) is 4.79 Å². The Bertz CT molecular complexity index is 456. The summed E-state index contributed by atoms with van der Waals surface area (Å²) >= 11 is 1.85. The SMILES string of the molecule is Cc1cc(CCCC(=O)NCCC2CCCNC2)c(C)s1.Cl. The van der Waals surface area contributed by atoms with Gasteiger partial charge in [0.25, 0.3) is 0 Å². The Morgan fingerprint density at radius 2 is 2.27 bits per heavy atom. The lowest BCUT2D eigenvalue weighted by molar-refractivity contribution is -0.121.